The summed E-state index contributed by atoms with van der Waals surface area (Å²) in [6.07, 6.45) is 1.33. The van der Waals surface area contributed by atoms with E-state index in [1.165, 1.54) is 12.0 Å². The van der Waals surface area contributed by atoms with Crippen LogP contribution in [-0.4, -0.2) is 0 Å². The molecule has 112 valence electrons. The van der Waals surface area contributed by atoms with Gasteiger partial charge in [-0.3, -0.25) is 0 Å². The molecule has 0 amide bonds. The predicted molar refractivity (Wildman–Crippen MR) is 90.8 cm³/mol. The van der Waals surface area contributed by atoms with Crippen molar-refractivity contribution in [2.75, 3.05) is 0 Å². The smallest absolute Gasteiger partial charge is 0.0219 e. The van der Waals surface area contributed by atoms with E-state index in [2.05, 4.69) is 72.7 Å². The van der Waals surface area contributed by atoms with Gasteiger partial charge in [0.15, 0.2) is 0 Å². The van der Waals surface area contributed by atoms with Gasteiger partial charge in [0.1, 0.15) is 0 Å². The summed E-state index contributed by atoms with van der Waals surface area (Å²) in [6, 6.07) is 10.5. The third-order valence-corrected chi connectivity index (χ3v) is 2.49. The SMILES string of the molecule is CC.CC(C)CC(C)(C)C.CC(C)c1ccccc1. The van der Waals surface area contributed by atoms with Crippen LogP contribution in [0.25, 0.3) is 0 Å². The molecule has 0 heteroatoms. The second-order valence-electron chi connectivity index (χ2n) is 6.72. The highest BCUT2D eigenvalue weighted by atomic mass is 14.2. The van der Waals surface area contributed by atoms with Gasteiger partial charge in [0.05, 0.1) is 0 Å². The molecule has 1 aromatic carbocycles. The second-order valence-corrected chi connectivity index (χ2v) is 6.72. The molecule has 0 aliphatic carbocycles. The molecule has 0 heterocycles. The number of hydrogen-bond donors (Lipinski definition) is 0. The van der Waals surface area contributed by atoms with E-state index in [-0.39, 0.29) is 0 Å². The molecule has 0 nitrogen and oxygen atoms in total. The van der Waals surface area contributed by atoms with Crippen LogP contribution >= 0.6 is 0 Å². The van der Waals surface area contributed by atoms with Gasteiger partial charge in [-0.15, -0.1) is 0 Å². The third kappa shape index (κ3) is 15.2. The summed E-state index contributed by atoms with van der Waals surface area (Å²) in [5, 5.41) is 0. The van der Waals surface area contributed by atoms with Gasteiger partial charge in [-0.05, 0) is 29.2 Å². The molecule has 0 unspecified atom stereocenters. The molecule has 0 aromatic heterocycles. The maximum absolute atomic E-state index is 2.28. The Kier molecular flexibility index (Phi) is 12.0. The molecule has 0 atom stereocenters. The summed E-state index contributed by atoms with van der Waals surface area (Å²) in [5.74, 6) is 1.50. The monoisotopic (exact) mass is 264 g/mol. The highest BCUT2D eigenvalue weighted by molar-refractivity contribution is 5.17. The van der Waals surface area contributed by atoms with E-state index in [0.29, 0.717) is 11.3 Å². The Hall–Kier alpha value is -0.780. The zero-order valence-corrected chi connectivity index (χ0v) is 14.7. The molecule has 0 spiro atoms. The molecule has 0 bridgehead atoms. The normalized spacial score (nSPS) is 10.5. The Bertz CT molecular complexity index is 275. The van der Waals surface area contributed by atoms with E-state index in [0.717, 1.165) is 5.92 Å². The van der Waals surface area contributed by atoms with E-state index in [9.17, 15) is 0 Å². The molecule has 0 aliphatic rings. The van der Waals surface area contributed by atoms with Gasteiger partial charge < -0.3 is 0 Å². The van der Waals surface area contributed by atoms with Gasteiger partial charge in [0.25, 0.3) is 0 Å². The van der Waals surface area contributed by atoms with Crippen molar-refractivity contribution in [1.82, 2.24) is 0 Å². The summed E-state index contributed by atoms with van der Waals surface area (Å²) >= 11 is 0. The average Bonchev–Trinajstić information content (AvgIpc) is 2.30. The summed E-state index contributed by atoms with van der Waals surface area (Å²) in [6.45, 7) is 19.8. The van der Waals surface area contributed by atoms with E-state index in [1.807, 2.05) is 19.9 Å². The van der Waals surface area contributed by atoms with E-state index in [4.69, 9.17) is 0 Å². The van der Waals surface area contributed by atoms with Gasteiger partial charge in [-0.1, -0.05) is 92.6 Å². The van der Waals surface area contributed by atoms with Crippen molar-refractivity contribution < 1.29 is 0 Å². The lowest BCUT2D eigenvalue weighted by atomic mass is 9.86. The summed E-state index contributed by atoms with van der Waals surface area (Å²) < 4.78 is 0. The second kappa shape index (κ2) is 11.1. The molecule has 1 aromatic rings. The Balaban J connectivity index is 0. The molecule has 1 rings (SSSR count). The maximum Gasteiger partial charge on any atom is -0.0219 e. The van der Waals surface area contributed by atoms with Gasteiger partial charge in [-0.2, -0.15) is 0 Å². The first kappa shape index (κ1) is 20.5. The standard InChI is InChI=1S/C9H12.C8H18.C2H6/c1-8(2)9-6-4-3-5-7-9;1-7(2)6-8(3,4)5;1-2/h3-8H,1-2H3;7H,6H2,1-5H3;1-2H3. The van der Waals surface area contributed by atoms with Crippen molar-refractivity contribution in [3.63, 3.8) is 0 Å². The topological polar surface area (TPSA) is 0 Å². The quantitative estimate of drug-likeness (QED) is 0.544. The summed E-state index contributed by atoms with van der Waals surface area (Å²) in [4.78, 5) is 0. The van der Waals surface area contributed by atoms with Crippen LogP contribution < -0.4 is 0 Å². The van der Waals surface area contributed by atoms with Crippen molar-refractivity contribution >= 4 is 0 Å². The maximum atomic E-state index is 2.28. The lowest BCUT2D eigenvalue weighted by molar-refractivity contribution is 0.320. The van der Waals surface area contributed by atoms with Crippen LogP contribution in [-0.2, 0) is 0 Å². The Morgan fingerprint density at radius 3 is 1.42 bits per heavy atom. The molecule has 19 heavy (non-hydrogen) atoms. The predicted octanol–water partition coefficient (Wildman–Crippen LogP) is 6.91. The van der Waals surface area contributed by atoms with Crippen molar-refractivity contribution in [2.45, 2.75) is 74.7 Å². The molecule has 0 aliphatic heterocycles. The minimum Gasteiger partial charge on any atom is -0.0683 e. The van der Waals surface area contributed by atoms with Crippen molar-refractivity contribution in [1.29, 1.82) is 0 Å². The summed E-state index contributed by atoms with van der Waals surface area (Å²) in [7, 11) is 0. The van der Waals surface area contributed by atoms with Crippen LogP contribution in [0.5, 0.6) is 0 Å². The van der Waals surface area contributed by atoms with Crippen LogP contribution in [0.2, 0.25) is 0 Å². The Labute approximate surface area is 122 Å². The minimum absolute atomic E-state index is 0.522. The van der Waals surface area contributed by atoms with Crippen molar-refractivity contribution in [2.24, 2.45) is 11.3 Å². The van der Waals surface area contributed by atoms with E-state index in [1.54, 1.807) is 0 Å². The van der Waals surface area contributed by atoms with Crippen molar-refractivity contribution in [3.8, 4) is 0 Å². The van der Waals surface area contributed by atoms with Gasteiger partial charge in [0.2, 0.25) is 0 Å². The molecule has 0 N–H and O–H groups in total. The Morgan fingerprint density at radius 1 is 0.842 bits per heavy atom. The largest absolute Gasteiger partial charge is 0.0683 e. The van der Waals surface area contributed by atoms with E-state index >= 15 is 0 Å². The number of benzene rings is 1. The molecular formula is C19H36. The van der Waals surface area contributed by atoms with Gasteiger partial charge in [0, 0.05) is 0 Å². The zero-order valence-electron chi connectivity index (χ0n) is 14.7. The first-order valence-corrected chi connectivity index (χ1v) is 7.77. The third-order valence-electron chi connectivity index (χ3n) is 2.49. The highest BCUT2D eigenvalue weighted by Gasteiger charge is 2.11. The minimum atomic E-state index is 0.522. The first-order chi connectivity index (χ1) is 8.72. The molecule has 0 fully saturated rings. The average molecular weight is 264 g/mol. The van der Waals surface area contributed by atoms with Crippen LogP contribution in [0.15, 0.2) is 30.3 Å². The van der Waals surface area contributed by atoms with Gasteiger partial charge >= 0.3 is 0 Å². The molecule has 0 radical (unpaired) electrons. The fourth-order valence-electron chi connectivity index (χ4n) is 2.06. The molecular weight excluding hydrogens is 228 g/mol. The van der Waals surface area contributed by atoms with Gasteiger partial charge in [-0.25, -0.2) is 0 Å². The molecule has 0 saturated heterocycles. The van der Waals surface area contributed by atoms with Crippen LogP contribution in [0.1, 0.15) is 80.2 Å². The van der Waals surface area contributed by atoms with E-state index < -0.39 is 0 Å². The Morgan fingerprint density at radius 2 is 1.26 bits per heavy atom. The van der Waals surface area contributed by atoms with Crippen LogP contribution in [0.4, 0.5) is 0 Å². The number of rotatable bonds is 2. The molecule has 0 saturated carbocycles. The van der Waals surface area contributed by atoms with Crippen LogP contribution in [0.3, 0.4) is 0 Å². The summed E-state index contributed by atoms with van der Waals surface area (Å²) in [5.41, 5.74) is 1.94. The van der Waals surface area contributed by atoms with Crippen LogP contribution in [0, 0.1) is 11.3 Å². The fourth-order valence-corrected chi connectivity index (χ4v) is 2.06. The zero-order chi connectivity index (χ0) is 15.5. The van der Waals surface area contributed by atoms with Crippen molar-refractivity contribution in [3.05, 3.63) is 35.9 Å². The first-order valence-electron chi connectivity index (χ1n) is 7.77. The number of hydrogen-bond acceptors (Lipinski definition) is 0. The highest BCUT2D eigenvalue weighted by Crippen LogP contribution is 2.23. The fraction of sp³-hybridized carbons (Fsp3) is 0.684. The lowest BCUT2D eigenvalue weighted by Crippen LogP contribution is -2.08. The lowest BCUT2D eigenvalue weighted by Gasteiger charge is -2.19.